The van der Waals surface area contributed by atoms with E-state index in [0.717, 1.165) is 11.4 Å². The Labute approximate surface area is 132 Å². The van der Waals surface area contributed by atoms with E-state index in [1.165, 1.54) is 11.1 Å². The van der Waals surface area contributed by atoms with Crippen LogP contribution in [-0.4, -0.2) is 11.9 Å². The molecule has 0 aromatic heterocycles. The van der Waals surface area contributed by atoms with Gasteiger partial charge in [0.1, 0.15) is 6.04 Å². The van der Waals surface area contributed by atoms with Gasteiger partial charge in [0, 0.05) is 11.4 Å². The molecule has 0 aliphatic rings. The average Bonchev–Trinajstić information content (AvgIpc) is 2.49. The Morgan fingerprint density at radius 2 is 1.59 bits per heavy atom. The van der Waals surface area contributed by atoms with E-state index in [9.17, 15) is 4.79 Å². The standard InChI is InChI=1S/C19H24N2O/c1-13(2)17-7-5-6-8-18(17)20-15(4)19(22)21-16-11-9-14(3)10-12-16/h5-13,15,20H,1-4H3,(H,21,22)/t15-/m0/s1. The molecular formula is C19H24N2O. The van der Waals surface area contributed by atoms with E-state index in [4.69, 9.17) is 0 Å². The summed E-state index contributed by atoms with van der Waals surface area (Å²) in [6.07, 6.45) is 0. The zero-order valence-corrected chi connectivity index (χ0v) is 13.7. The van der Waals surface area contributed by atoms with E-state index in [-0.39, 0.29) is 11.9 Å². The maximum Gasteiger partial charge on any atom is 0.246 e. The van der Waals surface area contributed by atoms with Crippen molar-refractivity contribution in [2.45, 2.75) is 39.7 Å². The molecule has 0 unspecified atom stereocenters. The van der Waals surface area contributed by atoms with Gasteiger partial charge >= 0.3 is 0 Å². The molecule has 2 aromatic rings. The molecular weight excluding hydrogens is 272 g/mol. The lowest BCUT2D eigenvalue weighted by Crippen LogP contribution is -2.32. The van der Waals surface area contributed by atoms with Crippen LogP contribution in [0.1, 0.15) is 37.8 Å². The molecule has 1 atom stereocenters. The van der Waals surface area contributed by atoms with Crippen molar-refractivity contribution >= 4 is 17.3 Å². The van der Waals surface area contributed by atoms with Gasteiger partial charge in [-0.05, 0) is 43.5 Å². The van der Waals surface area contributed by atoms with Gasteiger partial charge in [-0.2, -0.15) is 0 Å². The van der Waals surface area contributed by atoms with Crippen molar-refractivity contribution in [1.29, 1.82) is 0 Å². The molecule has 0 spiro atoms. The van der Waals surface area contributed by atoms with Gasteiger partial charge < -0.3 is 10.6 Å². The molecule has 2 aromatic carbocycles. The van der Waals surface area contributed by atoms with E-state index in [1.54, 1.807) is 0 Å². The molecule has 116 valence electrons. The van der Waals surface area contributed by atoms with Gasteiger partial charge in [-0.3, -0.25) is 4.79 Å². The summed E-state index contributed by atoms with van der Waals surface area (Å²) in [5.74, 6) is 0.374. The Bertz CT molecular complexity index is 632. The fraction of sp³-hybridized carbons (Fsp3) is 0.316. The van der Waals surface area contributed by atoms with Gasteiger partial charge in [-0.25, -0.2) is 0 Å². The van der Waals surface area contributed by atoms with Crippen molar-refractivity contribution in [3.05, 3.63) is 59.7 Å². The minimum absolute atomic E-state index is 0.0394. The number of rotatable bonds is 5. The predicted molar refractivity (Wildman–Crippen MR) is 93.4 cm³/mol. The highest BCUT2D eigenvalue weighted by Crippen LogP contribution is 2.24. The number of hydrogen-bond donors (Lipinski definition) is 2. The number of amides is 1. The van der Waals surface area contributed by atoms with E-state index in [1.807, 2.05) is 56.3 Å². The monoisotopic (exact) mass is 296 g/mol. The highest BCUT2D eigenvalue weighted by atomic mass is 16.2. The highest BCUT2D eigenvalue weighted by Gasteiger charge is 2.15. The Kier molecular flexibility index (Phi) is 5.21. The Hall–Kier alpha value is -2.29. The van der Waals surface area contributed by atoms with Crippen LogP contribution in [-0.2, 0) is 4.79 Å². The number of carbonyl (C=O) groups excluding carboxylic acids is 1. The van der Waals surface area contributed by atoms with Gasteiger partial charge in [0.2, 0.25) is 5.91 Å². The van der Waals surface area contributed by atoms with Crippen LogP contribution in [0.25, 0.3) is 0 Å². The summed E-state index contributed by atoms with van der Waals surface area (Å²) in [6, 6.07) is 15.6. The largest absolute Gasteiger partial charge is 0.374 e. The SMILES string of the molecule is Cc1ccc(NC(=O)[C@H](C)Nc2ccccc2C(C)C)cc1. The predicted octanol–water partition coefficient (Wildman–Crippen LogP) is 4.56. The molecule has 22 heavy (non-hydrogen) atoms. The van der Waals surface area contributed by atoms with Gasteiger partial charge in [0.05, 0.1) is 0 Å². The number of nitrogens with one attached hydrogen (secondary N) is 2. The molecule has 2 rings (SSSR count). The van der Waals surface area contributed by atoms with Crippen molar-refractivity contribution < 1.29 is 4.79 Å². The number of hydrogen-bond acceptors (Lipinski definition) is 2. The zero-order chi connectivity index (χ0) is 16.1. The van der Waals surface area contributed by atoms with Gasteiger partial charge in [0.15, 0.2) is 0 Å². The Morgan fingerprint density at radius 1 is 0.955 bits per heavy atom. The van der Waals surface area contributed by atoms with E-state index in [2.05, 4.69) is 30.5 Å². The summed E-state index contributed by atoms with van der Waals surface area (Å²) in [6.45, 7) is 8.20. The number of benzene rings is 2. The summed E-state index contributed by atoms with van der Waals surface area (Å²) in [5, 5.41) is 6.25. The molecule has 0 saturated heterocycles. The minimum atomic E-state index is -0.304. The lowest BCUT2D eigenvalue weighted by atomic mass is 10.0. The molecule has 0 radical (unpaired) electrons. The van der Waals surface area contributed by atoms with Crippen molar-refractivity contribution in [3.8, 4) is 0 Å². The molecule has 0 bridgehead atoms. The van der Waals surface area contributed by atoms with Crippen molar-refractivity contribution in [2.75, 3.05) is 10.6 Å². The normalized spacial score (nSPS) is 12.0. The van der Waals surface area contributed by atoms with Crippen LogP contribution in [0.3, 0.4) is 0 Å². The summed E-state index contributed by atoms with van der Waals surface area (Å²) in [4.78, 5) is 12.3. The maximum absolute atomic E-state index is 12.3. The van der Waals surface area contributed by atoms with Gasteiger partial charge in [0.25, 0.3) is 0 Å². The smallest absolute Gasteiger partial charge is 0.246 e. The lowest BCUT2D eigenvalue weighted by molar-refractivity contribution is -0.116. The molecule has 3 nitrogen and oxygen atoms in total. The number of anilines is 2. The maximum atomic E-state index is 12.3. The van der Waals surface area contributed by atoms with Crippen LogP contribution in [0.4, 0.5) is 11.4 Å². The summed E-state index contributed by atoms with van der Waals surface area (Å²) in [7, 11) is 0. The zero-order valence-electron chi connectivity index (χ0n) is 13.7. The lowest BCUT2D eigenvalue weighted by Gasteiger charge is -2.19. The minimum Gasteiger partial charge on any atom is -0.374 e. The molecule has 0 fully saturated rings. The third kappa shape index (κ3) is 4.10. The topological polar surface area (TPSA) is 41.1 Å². The third-order valence-electron chi connectivity index (χ3n) is 3.67. The van der Waals surface area contributed by atoms with Crippen LogP contribution in [0.2, 0.25) is 0 Å². The second kappa shape index (κ2) is 7.12. The second-order valence-corrected chi connectivity index (χ2v) is 5.96. The number of aryl methyl sites for hydroxylation is 1. The van der Waals surface area contributed by atoms with Crippen LogP contribution >= 0.6 is 0 Å². The summed E-state index contributed by atoms with van der Waals surface area (Å²) in [5.41, 5.74) is 4.23. The molecule has 3 heteroatoms. The molecule has 0 aliphatic heterocycles. The summed E-state index contributed by atoms with van der Waals surface area (Å²) < 4.78 is 0. The molecule has 0 saturated carbocycles. The van der Waals surface area contributed by atoms with Gasteiger partial charge in [-0.1, -0.05) is 49.7 Å². The first kappa shape index (κ1) is 16.1. The summed E-state index contributed by atoms with van der Waals surface area (Å²) >= 11 is 0. The first-order valence-electron chi connectivity index (χ1n) is 7.70. The first-order valence-corrected chi connectivity index (χ1v) is 7.70. The third-order valence-corrected chi connectivity index (χ3v) is 3.67. The van der Waals surface area contributed by atoms with E-state index in [0.29, 0.717) is 5.92 Å². The highest BCUT2D eigenvalue weighted by molar-refractivity contribution is 5.96. The van der Waals surface area contributed by atoms with Gasteiger partial charge in [-0.15, -0.1) is 0 Å². The quantitative estimate of drug-likeness (QED) is 0.849. The van der Waals surface area contributed by atoms with E-state index >= 15 is 0 Å². The average molecular weight is 296 g/mol. The molecule has 2 N–H and O–H groups in total. The van der Waals surface area contributed by atoms with Crippen molar-refractivity contribution in [3.63, 3.8) is 0 Å². The second-order valence-electron chi connectivity index (χ2n) is 5.96. The number of carbonyl (C=O) groups is 1. The van der Waals surface area contributed by atoms with Crippen LogP contribution < -0.4 is 10.6 Å². The molecule has 0 aliphatic carbocycles. The Morgan fingerprint density at radius 3 is 2.23 bits per heavy atom. The molecule has 1 amide bonds. The van der Waals surface area contributed by atoms with Crippen LogP contribution in [0.15, 0.2) is 48.5 Å². The Balaban J connectivity index is 2.04. The fourth-order valence-corrected chi connectivity index (χ4v) is 2.32. The van der Waals surface area contributed by atoms with Crippen molar-refractivity contribution in [2.24, 2.45) is 0 Å². The number of para-hydroxylation sites is 1. The van der Waals surface area contributed by atoms with Crippen molar-refractivity contribution in [1.82, 2.24) is 0 Å². The van der Waals surface area contributed by atoms with E-state index < -0.39 is 0 Å². The first-order chi connectivity index (χ1) is 10.5. The van der Waals surface area contributed by atoms with Crippen LogP contribution in [0, 0.1) is 6.92 Å². The van der Waals surface area contributed by atoms with Crippen LogP contribution in [0.5, 0.6) is 0 Å². The molecule has 0 heterocycles. The fourth-order valence-electron chi connectivity index (χ4n) is 2.32.